The molecule has 2 aliphatic carbocycles. The summed E-state index contributed by atoms with van der Waals surface area (Å²) in [7, 11) is 0. The maximum absolute atomic E-state index is 13.0. The minimum atomic E-state index is -2.22. The van der Waals surface area contributed by atoms with Gasteiger partial charge in [0.15, 0.2) is 0 Å². The van der Waals surface area contributed by atoms with E-state index in [1.54, 1.807) is 0 Å². The SMILES string of the molecule is NC[C@@H](CC1(C(F)F)CC1)c1ccc(C2CC2)nc1. The molecule has 2 N–H and O–H groups in total. The molecule has 0 saturated heterocycles. The molecule has 104 valence electrons. The van der Waals surface area contributed by atoms with Crippen molar-refractivity contribution in [3.8, 4) is 0 Å². The Morgan fingerprint density at radius 1 is 1.32 bits per heavy atom. The zero-order valence-electron chi connectivity index (χ0n) is 11.0. The first kappa shape index (κ1) is 13.0. The monoisotopic (exact) mass is 266 g/mol. The van der Waals surface area contributed by atoms with Crippen LogP contribution in [0.1, 0.15) is 55.2 Å². The molecule has 2 fully saturated rings. The van der Waals surface area contributed by atoms with E-state index >= 15 is 0 Å². The third kappa shape index (κ3) is 2.64. The van der Waals surface area contributed by atoms with Gasteiger partial charge in [0.1, 0.15) is 0 Å². The molecule has 0 aromatic carbocycles. The Bertz CT molecular complexity index is 436. The fraction of sp³-hybridized carbons (Fsp3) is 0.667. The minimum absolute atomic E-state index is 0.0113. The molecule has 0 radical (unpaired) electrons. The van der Waals surface area contributed by atoms with Crippen LogP contribution in [-0.2, 0) is 0 Å². The third-order valence-corrected chi connectivity index (χ3v) is 4.57. The van der Waals surface area contributed by atoms with Crippen LogP contribution >= 0.6 is 0 Å². The first-order valence-corrected chi connectivity index (χ1v) is 7.09. The third-order valence-electron chi connectivity index (χ3n) is 4.57. The molecule has 1 aromatic heterocycles. The maximum Gasteiger partial charge on any atom is 0.244 e. The fourth-order valence-corrected chi connectivity index (χ4v) is 2.78. The van der Waals surface area contributed by atoms with Crippen molar-refractivity contribution in [1.82, 2.24) is 4.98 Å². The minimum Gasteiger partial charge on any atom is -0.330 e. The van der Waals surface area contributed by atoms with Gasteiger partial charge < -0.3 is 5.73 Å². The van der Waals surface area contributed by atoms with Crippen LogP contribution in [0.3, 0.4) is 0 Å². The summed E-state index contributed by atoms with van der Waals surface area (Å²) in [6.45, 7) is 0.416. The first-order chi connectivity index (χ1) is 9.14. The van der Waals surface area contributed by atoms with Gasteiger partial charge in [0.05, 0.1) is 0 Å². The van der Waals surface area contributed by atoms with Crippen LogP contribution in [0.15, 0.2) is 18.3 Å². The van der Waals surface area contributed by atoms with E-state index in [1.807, 2.05) is 18.3 Å². The van der Waals surface area contributed by atoms with Gasteiger partial charge in [-0.25, -0.2) is 8.78 Å². The summed E-state index contributed by atoms with van der Waals surface area (Å²) >= 11 is 0. The molecule has 0 unspecified atom stereocenters. The first-order valence-electron chi connectivity index (χ1n) is 7.09. The Hall–Kier alpha value is -1.03. The van der Waals surface area contributed by atoms with Crippen LogP contribution in [0.5, 0.6) is 0 Å². The molecule has 2 saturated carbocycles. The number of rotatable bonds is 6. The lowest BCUT2D eigenvalue weighted by Gasteiger charge is -2.21. The topological polar surface area (TPSA) is 38.9 Å². The highest BCUT2D eigenvalue weighted by Gasteiger charge is 2.51. The molecule has 0 aliphatic heterocycles. The Kier molecular flexibility index (Phi) is 3.29. The van der Waals surface area contributed by atoms with Crippen molar-refractivity contribution in [3.05, 3.63) is 29.6 Å². The molecule has 0 bridgehead atoms. The summed E-state index contributed by atoms with van der Waals surface area (Å²) in [6.07, 6.45) is 3.82. The standard InChI is InChI=1S/C15H20F2N2/c16-14(17)15(5-6-15)7-12(8-18)11-3-4-13(19-9-11)10-1-2-10/h3-4,9-10,12,14H,1-2,5-8,18H2/t12-/m1/s1. The number of hydrogen-bond donors (Lipinski definition) is 1. The van der Waals surface area contributed by atoms with Gasteiger partial charge in [-0.3, -0.25) is 4.98 Å². The van der Waals surface area contributed by atoms with Gasteiger partial charge in [-0.15, -0.1) is 0 Å². The lowest BCUT2D eigenvalue weighted by molar-refractivity contribution is 0.0524. The van der Waals surface area contributed by atoms with E-state index in [4.69, 9.17) is 5.73 Å². The Balaban J connectivity index is 1.70. The quantitative estimate of drug-likeness (QED) is 0.856. The molecule has 19 heavy (non-hydrogen) atoms. The van der Waals surface area contributed by atoms with E-state index in [0.29, 0.717) is 31.7 Å². The predicted octanol–water partition coefficient (Wildman–Crippen LogP) is 3.44. The van der Waals surface area contributed by atoms with E-state index in [2.05, 4.69) is 4.98 Å². The van der Waals surface area contributed by atoms with Crippen molar-refractivity contribution < 1.29 is 8.78 Å². The van der Waals surface area contributed by atoms with Crippen molar-refractivity contribution in [1.29, 1.82) is 0 Å². The summed E-state index contributed by atoms with van der Waals surface area (Å²) in [5.74, 6) is 0.637. The van der Waals surface area contributed by atoms with Gasteiger partial charge in [-0.05, 0) is 56.2 Å². The van der Waals surface area contributed by atoms with Crippen LogP contribution < -0.4 is 5.73 Å². The summed E-state index contributed by atoms with van der Waals surface area (Å²) in [5.41, 5.74) is 7.16. The van der Waals surface area contributed by atoms with Crippen molar-refractivity contribution in [2.45, 2.75) is 50.4 Å². The molecule has 4 heteroatoms. The average molecular weight is 266 g/mol. The van der Waals surface area contributed by atoms with Crippen LogP contribution in [0.2, 0.25) is 0 Å². The number of nitrogens with two attached hydrogens (primary N) is 1. The van der Waals surface area contributed by atoms with Crippen LogP contribution in [0, 0.1) is 5.41 Å². The van der Waals surface area contributed by atoms with Crippen LogP contribution in [0.25, 0.3) is 0 Å². The second-order valence-corrected chi connectivity index (χ2v) is 6.09. The largest absolute Gasteiger partial charge is 0.330 e. The summed E-state index contributed by atoms with van der Waals surface area (Å²) in [4.78, 5) is 4.46. The summed E-state index contributed by atoms with van der Waals surface area (Å²) in [6, 6.07) is 4.07. The molecule has 1 heterocycles. The second kappa shape index (κ2) is 4.82. The molecule has 2 aliphatic rings. The number of pyridine rings is 1. The fourth-order valence-electron chi connectivity index (χ4n) is 2.78. The number of hydrogen-bond acceptors (Lipinski definition) is 2. The van der Waals surface area contributed by atoms with E-state index in [9.17, 15) is 8.78 Å². The van der Waals surface area contributed by atoms with Gasteiger partial charge in [-0.2, -0.15) is 0 Å². The van der Waals surface area contributed by atoms with Crippen molar-refractivity contribution in [3.63, 3.8) is 0 Å². The van der Waals surface area contributed by atoms with E-state index in [0.717, 1.165) is 11.3 Å². The van der Waals surface area contributed by atoms with Gasteiger partial charge >= 0.3 is 0 Å². The molecular weight excluding hydrogens is 246 g/mol. The summed E-state index contributed by atoms with van der Waals surface area (Å²) < 4.78 is 26.0. The van der Waals surface area contributed by atoms with Crippen LogP contribution in [0.4, 0.5) is 8.78 Å². The zero-order valence-corrected chi connectivity index (χ0v) is 11.0. The molecular formula is C15H20F2N2. The molecule has 0 amide bonds. The number of aromatic nitrogens is 1. The van der Waals surface area contributed by atoms with Crippen LogP contribution in [-0.4, -0.2) is 18.0 Å². The van der Waals surface area contributed by atoms with Gasteiger partial charge in [0, 0.05) is 23.2 Å². The molecule has 3 rings (SSSR count). The van der Waals surface area contributed by atoms with Gasteiger partial charge in [-0.1, -0.05) is 6.07 Å². The molecule has 2 nitrogen and oxygen atoms in total. The lowest BCUT2D eigenvalue weighted by Crippen LogP contribution is -2.21. The highest BCUT2D eigenvalue weighted by molar-refractivity contribution is 5.23. The van der Waals surface area contributed by atoms with Crippen molar-refractivity contribution in [2.24, 2.45) is 11.1 Å². The second-order valence-electron chi connectivity index (χ2n) is 6.09. The van der Waals surface area contributed by atoms with Gasteiger partial charge in [0.25, 0.3) is 0 Å². The number of halogens is 2. The Morgan fingerprint density at radius 3 is 2.47 bits per heavy atom. The predicted molar refractivity (Wildman–Crippen MR) is 70.3 cm³/mol. The highest BCUT2D eigenvalue weighted by atomic mass is 19.3. The Labute approximate surface area is 112 Å². The molecule has 1 atom stereocenters. The normalized spacial score (nSPS) is 22.5. The lowest BCUT2D eigenvalue weighted by atomic mass is 9.87. The van der Waals surface area contributed by atoms with E-state index < -0.39 is 11.8 Å². The number of alkyl halides is 2. The Morgan fingerprint density at radius 2 is 2.05 bits per heavy atom. The van der Waals surface area contributed by atoms with Crippen molar-refractivity contribution >= 4 is 0 Å². The zero-order chi connectivity index (χ0) is 13.5. The average Bonchev–Trinajstić information content (AvgIpc) is 3.29. The van der Waals surface area contributed by atoms with E-state index in [-0.39, 0.29) is 5.92 Å². The molecule has 0 spiro atoms. The smallest absolute Gasteiger partial charge is 0.244 e. The maximum atomic E-state index is 13.0. The van der Waals surface area contributed by atoms with Gasteiger partial charge in [0.2, 0.25) is 6.43 Å². The highest BCUT2D eigenvalue weighted by Crippen LogP contribution is 2.56. The molecule has 1 aromatic rings. The number of nitrogens with zero attached hydrogens (tertiary/aromatic N) is 1. The van der Waals surface area contributed by atoms with E-state index in [1.165, 1.54) is 12.8 Å². The van der Waals surface area contributed by atoms with Crippen molar-refractivity contribution in [2.75, 3.05) is 6.54 Å². The summed E-state index contributed by atoms with van der Waals surface area (Å²) in [5, 5.41) is 0.